The first-order valence-corrected chi connectivity index (χ1v) is 5.73. The summed E-state index contributed by atoms with van der Waals surface area (Å²) < 4.78 is 5.35. The number of aliphatic carboxylic acids is 1. The smallest absolute Gasteiger partial charge is 0.326 e. The summed E-state index contributed by atoms with van der Waals surface area (Å²) in [6, 6.07) is 2.30. The van der Waals surface area contributed by atoms with Crippen LogP contribution in [0.5, 0.6) is 0 Å². The molecule has 0 unspecified atom stereocenters. The van der Waals surface area contributed by atoms with Crippen molar-refractivity contribution >= 4 is 12.0 Å². The largest absolute Gasteiger partial charge is 0.480 e. The van der Waals surface area contributed by atoms with E-state index in [0.29, 0.717) is 18.7 Å². The van der Waals surface area contributed by atoms with Gasteiger partial charge in [0.25, 0.3) is 0 Å². The molecule has 0 radical (unpaired) electrons. The molecule has 6 heteroatoms. The lowest BCUT2D eigenvalue weighted by atomic mass is 10.2. The number of carbonyl (C=O) groups is 2. The van der Waals surface area contributed by atoms with Crippen molar-refractivity contribution in [1.82, 2.24) is 10.2 Å². The van der Waals surface area contributed by atoms with Gasteiger partial charge in [0.1, 0.15) is 17.6 Å². The number of hydrogen-bond acceptors (Lipinski definition) is 3. The summed E-state index contributed by atoms with van der Waals surface area (Å²) in [6.07, 6.45) is 0.342. The van der Waals surface area contributed by atoms with E-state index < -0.39 is 18.0 Å². The first-order valence-electron chi connectivity index (χ1n) is 5.73. The van der Waals surface area contributed by atoms with Gasteiger partial charge in [0.05, 0.1) is 6.54 Å². The molecule has 0 aliphatic rings. The van der Waals surface area contributed by atoms with Crippen LogP contribution in [0.15, 0.2) is 16.5 Å². The highest BCUT2D eigenvalue weighted by Gasteiger charge is 2.20. The molecule has 6 nitrogen and oxygen atoms in total. The highest BCUT2D eigenvalue weighted by Crippen LogP contribution is 2.08. The van der Waals surface area contributed by atoms with E-state index >= 15 is 0 Å². The number of carbonyl (C=O) groups excluding carboxylic acids is 1. The standard InChI is InChI=1S/C12H18N2O4/c1-4-10(11(15)16)13-12(17)14(3)7-9-6-5-8(2)18-9/h5-6,10H,4,7H2,1-3H3,(H,13,17)(H,15,16)/t10-/m0/s1. The molecule has 18 heavy (non-hydrogen) atoms. The van der Waals surface area contributed by atoms with E-state index in [1.54, 1.807) is 20.0 Å². The van der Waals surface area contributed by atoms with E-state index in [9.17, 15) is 9.59 Å². The Bertz CT molecular complexity index is 427. The Kier molecular flexibility index (Phi) is 4.76. The average molecular weight is 254 g/mol. The van der Waals surface area contributed by atoms with Gasteiger partial charge in [-0.3, -0.25) is 0 Å². The van der Waals surface area contributed by atoms with Crippen LogP contribution in [0.1, 0.15) is 24.9 Å². The molecule has 0 aliphatic carbocycles. The molecule has 1 aromatic heterocycles. The Hall–Kier alpha value is -1.98. The maximum Gasteiger partial charge on any atom is 0.326 e. The molecule has 0 saturated heterocycles. The second-order valence-corrected chi connectivity index (χ2v) is 4.12. The predicted octanol–water partition coefficient (Wildman–Crippen LogP) is 1.59. The first kappa shape index (κ1) is 14.1. The quantitative estimate of drug-likeness (QED) is 0.836. The predicted molar refractivity (Wildman–Crippen MR) is 65.2 cm³/mol. The van der Waals surface area contributed by atoms with Gasteiger partial charge < -0.3 is 19.7 Å². The third-order valence-electron chi connectivity index (χ3n) is 2.54. The molecule has 0 spiro atoms. The fraction of sp³-hybridized carbons (Fsp3) is 0.500. The summed E-state index contributed by atoms with van der Waals surface area (Å²) in [4.78, 5) is 23.9. The molecule has 0 saturated carbocycles. The molecule has 0 aromatic carbocycles. The molecular formula is C12H18N2O4. The molecule has 1 atom stereocenters. The van der Waals surface area contributed by atoms with E-state index in [0.717, 1.165) is 5.76 Å². The van der Waals surface area contributed by atoms with Crippen LogP contribution in [0.4, 0.5) is 4.79 Å². The molecule has 1 aromatic rings. The molecule has 1 rings (SSSR count). The summed E-state index contributed by atoms with van der Waals surface area (Å²) in [7, 11) is 1.59. The monoisotopic (exact) mass is 254 g/mol. The number of aryl methyl sites for hydroxylation is 1. The van der Waals surface area contributed by atoms with Crippen LogP contribution in [-0.2, 0) is 11.3 Å². The van der Waals surface area contributed by atoms with Crippen LogP contribution < -0.4 is 5.32 Å². The Labute approximate surface area is 106 Å². The van der Waals surface area contributed by atoms with Crippen molar-refractivity contribution in [3.8, 4) is 0 Å². The number of nitrogens with zero attached hydrogens (tertiary/aromatic N) is 1. The van der Waals surface area contributed by atoms with E-state index in [1.807, 2.05) is 13.0 Å². The number of rotatable bonds is 5. The summed E-state index contributed by atoms with van der Waals surface area (Å²) >= 11 is 0. The van der Waals surface area contributed by atoms with Crippen molar-refractivity contribution in [3.63, 3.8) is 0 Å². The zero-order chi connectivity index (χ0) is 13.7. The molecule has 0 fully saturated rings. The van der Waals surface area contributed by atoms with Crippen LogP contribution in [-0.4, -0.2) is 35.1 Å². The molecule has 0 aliphatic heterocycles. The third-order valence-corrected chi connectivity index (χ3v) is 2.54. The fourth-order valence-corrected chi connectivity index (χ4v) is 1.47. The number of hydrogen-bond donors (Lipinski definition) is 2. The van der Waals surface area contributed by atoms with Gasteiger partial charge in [-0.1, -0.05) is 6.92 Å². The molecule has 1 heterocycles. The number of urea groups is 1. The average Bonchev–Trinajstić information content (AvgIpc) is 2.70. The van der Waals surface area contributed by atoms with Gasteiger partial charge in [0.15, 0.2) is 0 Å². The summed E-state index contributed by atoms with van der Waals surface area (Å²) in [5, 5.41) is 11.3. The van der Waals surface area contributed by atoms with Gasteiger partial charge in [-0.25, -0.2) is 9.59 Å². The van der Waals surface area contributed by atoms with Crippen LogP contribution >= 0.6 is 0 Å². The van der Waals surface area contributed by atoms with E-state index in [1.165, 1.54) is 4.90 Å². The SMILES string of the molecule is CC[C@H](NC(=O)N(C)Cc1ccc(C)o1)C(=O)O. The number of nitrogens with one attached hydrogen (secondary N) is 1. The van der Waals surface area contributed by atoms with E-state index in [-0.39, 0.29) is 0 Å². The maximum absolute atomic E-state index is 11.7. The number of carboxylic acids is 1. The van der Waals surface area contributed by atoms with Crippen LogP contribution in [0.2, 0.25) is 0 Å². The number of carboxylic acid groups (broad SMARTS) is 1. The number of furan rings is 1. The van der Waals surface area contributed by atoms with Crippen LogP contribution in [0.25, 0.3) is 0 Å². The lowest BCUT2D eigenvalue weighted by Crippen LogP contribution is -2.46. The minimum Gasteiger partial charge on any atom is -0.480 e. The molecule has 100 valence electrons. The minimum absolute atomic E-state index is 0.301. The van der Waals surface area contributed by atoms with Gasteiger partial charge in [-0.2, -0.15) is 0 Å². The van der Waals surface area contributed by atoms with Gasteiger partial charge in [-0.15, -0.1) is 0 Å². The van der Waals surface area contributed by atoms with Gasteiger partial charge >= 0.3 is 12.0 Å². The Morgan fingerprint density at radius 2 is 2.17 bits per heavy atom. The summed E-state index contributed by atoms with van der Waals surface area (Å²) in [6.45, 7) is 3.83. The lowest BCUT2D eigenvalue weighted by molar-refractivity contribution is -0.139. The topological polar surface area (TPSA) is 82.8 Å². The van der Waals surface area contributed by atoms with Gasteiger partial charge in [0, 0.05) is 7.05 Å². The van der Waals surface area contributed by atoms with Crippen molar-refractivity contribution in [3.05, 3.63) is 23.7 Å². The lowest BCUT2D eigenvalue weighted by Gasteiger charge is -2.19. The molecular weight excluding hydrogens is 236 g/mol. The highest BCUT2D eigenvalue weighted by molar-refractivity contribution is 5.82. The van der Waals surface area contributed by atoms with Crippen molar-refractivity contribution in [1.29, 1.82) is 0 Å². The maximum atomic E-state index is 11.7. The van der Waals surface area contributed by atoms with E-state index in [4.69, 9.17) is 9.52 Å². The third kappa shape index (κ3) is 3.80. The first-order chi connectivity index (χ1) is 8.43. The highest BCUT2D eigenvalue weighted by atomic mass is 16.4. The van der Waals surface area contributed by atoms with Crippen molar-refractivity contribution in [2.75, 3.05) is 7.05 Å². The Balaban J connectivity index is 2.53. The summed E-state index contributed by atoms with van der Waals surface area (Å²) in [5.41, 5.74) is 0. The summed E-state index contributed by atoms with van der Waals surface area (Å²) in [5.74, 6) is 0.400. The minimum atomic E-state index is -1.03. The number of amides is 2. The molecule has 2 N–H and O–H groups in total. The van der Waals surface area contributed by atoms with Crippen molar-refractivity contribution < 1.29 is 19.1 Å². The van der Waals surface area contributed by atoms with Crippen molar-refractivity contribution in [2.24, 2.45) is 0 Å². The van der Waals surface area contributed by atoms with Crippen molar-refractivity contribution in [2.45, 2.75) is 32.9 Å². The second kappa shape index (κ2) is 6.09. The molecule has 2 amide bonds. The Morgan fingerprint density at radius 3 is 2.61 bits per heavy atom. The Morgan fingerprint density at radius 1 is 1.50 bits per heavy atom. The molecule has 0 bridgehead atoms. The zero-order valence-electron chi connectivity index (χ0n) is 10.8. The van der Waals surface area contributed by atoms with Gasteiger partial charge in [-0.05, 0) is 25.5 Å². The normalized spacial score (nSPS) is 11.9. The van der Waals surface area contributed by atoms with Crippen LogP contribution in [0.3, 0.4) is 0 Å². The van der Waals surface area contributed by atoms with Crippen LogP contribution in [0, 0.1) is 6.92 Å². The van der Waals surface area contributed by atoms with Gasteiger partial charge in [0.2, 0.25) is 0 Å². The fourth-order valence-electron chi connectivity index (χ4n) is 1.47. The zero-order valence-corrected chi connectivity index (χ0v) is 10.8. The second-order valence-electron chi connectivity index (χ2n) is 4.12. The van der Waals surface area contributed by atoms with E-state index in [2.05, 4.69) is 5.32 Å².